The quantitative estimate of drug-likeness (QED) is 0.722. The molecule has 1 atom stereocenters. The molecule has 1 saturated heterocycles. The van der Waals surface area contributed by atoms with Crippen LogP contribution in [0.1, 0.15) is 11.6 Å². The van der Waals surface area contributed by atoms with Crippen molar-refractivity contribution in [1.82, 2.24) is 9.80 Å². The van der Waals surface area contributed by atoms with E-state index in [1.807, 2.05) is 12.1 Å². The Morgan fingerprint density at radius 1 is 1.20 bits per heavy atom. The number of likely N-dealkylation sites (N-methyl/N-ethyl adjacent to an activating group) is 2. The third kappa shape index (κ3) is 2.33. The van der Waals surface area contributed by atoms with Crippen molar-refractivity contribution in [1.29, 1.82) is 0 Å². The monoisotopic (exact) mass is 224 g/mol. The summed E-state index contributed by atoms with van der Waals surface area (Å²) in [5.74, 6) is 0. The molecule has 1 fully saturated rings. The normalized spacial score (nSPS) is 24.3. The summed E-state index contributed by atoms with van der Waals surface area (Å²) in [5.41, 5.74) is 1.24. The molecule has 0 radical (unpaired) electrons. The van der Waals surface area contributed by atoms with Gasteiger partial charge in [0.1, 0.15) is 0 Å². The summed E-state index contributed by atoms with van der Waals surface area (Å²) < 4.78 is 0. The largest absolute Gasteiger partial charge is 0.303 e. The van der Waals surface area contributed by atoms with Crippen LogP contribution in [-0.2, 0) is 0 Å². The van der Waals surface area contributed by atoms with Gasteiger partial charge in [0.2, 0.25) is 0 Å². The van der Waals surface area contributed by atoms with E-state index in [-0.39, 0.29) is 0 Å². The van der Waals surface area contributed by atoms with Crippen LogP contribution in [-0.4, -0.2) is 43.5 Å². The first-order valence-electron chi connectivity index (χ1n) is 5.31. The molecule has 82 valence electrons. The van der Waals surface area contributed by atoms with Gasteiger partial charge >= 0.3 is 0 Å². The number of piperazine rings is 1. The summed E-state index contributed by atoms with van der Waals surface area (Å²) in [6, 6.07) is 8.57. The molecule has 1 unspecified atom stereocenters. The van der Waals surface area contributed by atoms with Crippen molar-refractivity contribution >= 4 is 11.6 Å². The van der Waals surface area contributed by atoms with E-state index in [1.165, 1.54) is 5.56 Å². The molecule has 2 rings (SSSR count). The zero-order valence-electron chi connectivity index (χ0n) is 9.28. The molecule has 0 amide bonds. The fraction of sp³-hybridized carbons (Fsp3) is 0.500. The number of hydrogen-bond donors (Lipinski definition) is 0. The third-order valence-corrected chi connectivity index (χ3v) is 3.46. The summed E-state index contributed by atoms with van der Waals surface area (Å²) in [5, 5.41) is 0.879. The molecule has 0 spiro atoms. The Balaban J connectivity index is 2.25. The number of hydrogen-bond acceptors (Lipinski definition) is 2. The predicted molar refractivity (Wildman–Crippen MR) is 64.3 cm³/mol. The molecule has 0 saturated carbocycles. The van der Waals surface area contributed by atoms with E-state index in [9.17, 15) is 0 Å². The number of nitrogens with zero attached hydrogens (tertiary/aromatic N) is 2. The maximum Gasteiger partial charge on any atom is 0.0487 e. The Kier molecular flexibility index (Phi) is 3.29. The zero-order chi connectivity index (χ0) is 10.8. The molecule has 0 aromatic heterocycles. The van der Waals surface area contributed by atoms with Crippen molar-refractivity contribution in [3.05, 3.63) is 34.9 Å². The Morgan fingerprint density at radius 2 is 1.93 bits per heavy atom. The molecule has 1 heterocycles. The predicted octanol–water partition coefficient (Wildman–Crippen LogP) is 2.26. The lowest BCUT2D eigenvalue weighted by molar-refractivity contribution is 0.115. The second kappa shape index (κ2) is 4.52. The maximum absolute atomic E-state index is 6.23. The standard InChI is InChI=1S/C12H17ClN2/c1-14-7-8-15(2)12(9-14)10-5-3-4-6-11(10)13/h3-6,12H,7-9H2,1-2H3. The third-order valence-electron chi connectivity index (χ3n) is 3.12. The van der Waals surface area contributed by atoms with E-state index in [4.69, 9.17) is 11.6 Å². The average molecular weight is 225 g/mol. The fourth-order valence-corrected chi connectivity index (χ4v) is 2.35. The lowest BCUT2D eigenvalue weighted by Gasteiger charge is -2.38. The van der Waals surface area contributed by atoms with E-state index >= 15 is 0 Å². The van der Waals surface area contributed by atoms with Crippen LogP contribution in [0, 0.1) is 0 Å². The van der Waals surface area contributed by atoms with E-state index < -0.39 is 0 Å². The average Bonchev–Trinajstić information content (AvgIpc) is 2.23. The highest BCUT2D eigenvalue weighted by atomic mass is 35.5. The molecule has 1 aromatic rings. The van der Waals surface area contributed by atoms with E-state index in [2.05, 4.69) is 36.0 Å². The van der Waals surface area contributed by atoms with Crippen LogP contribution in [0.4, 0.5) is 0 Å². The lowest BCUT2D eigenvalue weighted by atomic mass is 10.0. The molecule has 0 N–H and O–H groups in total. The summed E-state index contributed by atoms with van der Waals surface area (Å²) in [6.45, 7) is 3.30. The van der Waals surface area contributed by atoms with Gasteiger partial charge in [0.05, 0.1) is 0 Å². The minimum Gasteiger partial charge on any atom is -0.303 e. The van der Waals surface area contributed by atoms with Gasteiger partial charge in [0, 0.05) is 30.7 Å². The summed E-state index contributed by atoms with van der Waals surface area (Å²) in [7, 11) is 4.33. The van der Waals surface area contributed by atoms with Crippen LogP contribution in [0.3, 0.4) is 0 Å². The number of rotatable bonds is 1. The van der Waals surface area contributed by atoms with Gasteiger partial charge in [0.25, 0.3) is 0 Å². The smallest absolute Gasteiger partial charge is 0.0487 e. The Labute approximate surface area is 96.4 Å². The molecule has 15 heavy (non-hydrogen) atoms. The van der Waals surface area contributed by atoms with Crippen LogP contribution in [0.5, 0.6) is 0 Å². The minimum atomic E-state index is 0.428. The summed E-state index contributed by atoms with van der Waals surface area (Å²) in [6.07, 6.45) is 0. The second-order valence-corrected chi connectivity index (χ2v) is 4.69. The van der Waals surface area contributed by atoms with Gasteiger partial charge in [-0.05, 0) is 25.7 Å². The Bertz CT molecular complexity index is 340. The van der Waals surface area contributed by atoms with E-state index in [0.717, 1.165) is 24.7 Å². The van der Waals surface area contributed by atoms with Gasteiger partial charge in [-0.15, -0.1) is 0 Å². The second-order valence-electron chi connectivity index (χ2n) is 4.28. The van der Waals surface area contributed by atoms with Crippen LogP contribution in [0.2, 0.25) is 5.02 Å². The molecule has 0 bridgehead atoms. The van der Waals surface area contributed by atoms with Crippen molar-refractivity contribution < 1.29 is 0 Å². The first-order chi connectivity index (χ1) is 7.18. The van der Waals surface area contributed by atoms with Crippen molar-refractivity contribution in [2.24, 2.45) is 0 Å². The molecule has 1 aliphatic rings. The topological polar surface area (TPSA) is 6.48 Å². The summed E-state index contributed by atoms with van der Waals surface area (Å²) in [4.78, 5) is 4.73. The first-order valence-corrected chi connectivity index (χ1v) is 5.69. The van der Waals surface area contributed by atoms with Crippen molar-refractivity contribution in [2.45, 2.75) is 6.04 Å². The van der Waals surface area contributed by atoms with Crippen LogP contribution in [0.15, 0.2) is 24.3 Å². The number of benzene rings is 1. The van der Waals surface area contributed by atoms with Gasteiger partial charge in [-0.3, -0.25) is 4.90 Å². The first kappa shape index (κ1) is 10.9. The molecular formula is C12H17ClN2. The lowest BCUT2D eigenvalue weighted by Crippen LogP contribution is -2.44. The van der Waals surface area contributed by atoms with Crippen LogP contribution < -0.4 is 0 Å². The maximum atomic E-state index is 6.23. The molecule has 3 heteroatoms. The van der Waals surface area contributed by atoms with Crippen molar-refractivity contribution in [3.63, 3.8) is 0 Å². The van der Waals surface area contributed by atoms with Gasteiger partial charge in [-0.25, -0.2) is 0 Å². The Hall–Kier alpha value is -0.570. The molecule has 1 aromatic carbocycles. The highest BCUT2D eigenvalue weighted by Crippen LogP contribution is 2.28. The molecule has 2 nitrogen and oxygen atoms in total. The minimum absolute atomic E-state index is 0.428. The summed E-state index contributed by atoms with van der Waals surface area (Å²) >= 11 is 6.23. The molecule has 0 aliphatic carbocycles. The molecular weight excluding hydrogens is 208 g/mol. The SMILES string of the molecule is CN1CCN(C)C(c2ccccc2Cl)C1. The van der Waals surface area contributed by atoms with Gasteiger partial charge in [-0.2, -0.15) is 0 Å². The Morgan fingerprint density at radius 3 is 2.67 bits per heavy atom. The fourth-order valence-electron chi connectivity index (χ4n) is 2.09. The van der Waals surface area contributed by atoms with Gasteiger partial charge in [0.15, 0.2) is 0 Å². The number of halogens is 1. The van der Waals surface area contributed by atoms with Crippen LogP contribution in [0.25, 0.3) is 0 Å². The highest BCUT2D eigenvalue weighted by molar-refractivity contribution is 6.31. The van der Waals surface area contributed by atoms with Gasteiger partial charge in [-0.1, -0.05) is 29.8 Å². The molecule has 1 aliphatic heterocycles. The van der Waals surface area contributed by atoms with Crippen LogP contribution >= 0.6 is 11.6 Å². The van der Waals surface area contributed by atoms with Gasteiger partial charge < -0.3 is 4.90 Å². The van der Waals surface area contributed by atoms with Crippen molar-refractivity contribution in [3.8, 4) is 0 Å². The van der Waals surface area contributed by atoms with E-state index in [0.29, 0.717) is 6.04 Å². The highest BCUT2D eigenvalue weighted by Gasteiger charge is 2.24. The van der Waals surface area contributed by atoms with Crippen molar-refractivity contribution in [2.75, 3.05) is 33.7 Å². The zero-order valence-corrected chi connectivity index (χ0v) is 10.0. The van der Waals surface area contributed by atoms with E-state index in [1.54, 1.807) is 0 Å².